The number of aromatic nitrogens is 2. The summed E-state index contributed by atoms with van der Waals surface area (Å²) in [5.74, 6) is -0.846. The molecule has 0 spiro atoms. The molecule has 1 atom stereocenters. The Labute approximate surface area is 123 Å². The van der Waals surface area contributed by atoms with E-state index in [1.165, 1.54) is 7.11 Å². The molecule has 0 fully saturated rings. The van der Waals surface area contributed by atoms with E-state index in [1.54, 1.807) is 17.5 Å². The third kappa shape index (κ3) is 3.04. The van der Waals surface area contributed by atoms with E-state index in [2.05, 4.69) is 10.3 Å². The Morgan fingerprint density at radius 1 is 1.43 bits per heavy atom. The average Bonchev–Trinajstić information content (AvgIpc) is 2.90. The number of imidazole rings is 1. The standard InChI is InChI=1S/C15H19N3O3/c1-4-8-15(2,14(20)21-3)17-13(19)11-10-18-9-6-5-7-12(18)16-11/h5-7,9-10H,4,8H2,1-3H3,(H,17,19). The van der Waals surface area contributed by atoms with E-state index >= 15 is 0 Å². The molecule has 2 heterocycles. The Hall–Kier alpha value is -2.37. The quantitative estimate of drug-likeness (QED) is 0.852. The van der Waals surface area contributed by atoms with Crippen molar-refractivity contribution in [2.45, 2.75) is 32.2 Å². The predicted molar refractivity (Wildman–Crippen MR) is 78.0 cm³/mol. The van der Waals surface area contributed by atoms with Crippen LogP contribution in [0.3, 0.4) is 0 Å². The first-order chi connectivity index (χ1) is 10.00. The Morgan fingerprint density at radius 2 is 2.19 bits per heavy atom. The van der Waals surface area contributed by atoms with E-state index < -0.39 is 11.5 Å². The van der Waals surface area contributed by atoms with Gasteiger partial charge in [0.1, 0.15) is 16.9 Å². The highest BCUT2D eigenvalue weighted by molar-refractivity contribution is 5.97. The van der Waals surface area contributed by atoms with Gasteiger partial charge >= 0.3 is 5.97 Å². The van der Waals surface area contributed by atoms with Crippen LogP contribution in [-0.2, 0) is 9.53 Å². The van der Waals surface area contributed by atoms with Crippen LogP contribution in [0, 0.1) is 0 Å². The number of hydrogen-bond acceptors (Lipinski definition) is 4. The van der Waals surface area contributed by atoms with Gasteiger partial charge in [-0.05, 0) is 25.5 Å². The zero-order valence-electron chi connectivity index (χ0n) is 12.4. The van der Waals surface area contributed by atoms with Crippen LogP contribution in [0.25, 0.3) is 5.65 Å². The van der Waals surface area contributed by atoms with Crippen LogP contribution in [0.1, 0.15) is 37.2 Å². The molecular formula is C15H19N3O3. The molecule has 0 bridgehead atoms. The van der Waals surface area contributed by atoms with E-state index in [4.69, 9.17) is 4.74 Å². The number of rotatable bonds is 5. The third-order valence-electron chi connectivity index (χ3n) is 3.37. The molecule has 0 aliphatic heterocycles. The number of carbonyl (C=O) groups excluding carboxylic acids is 2. The molecule has 1 unspecified atom stereocenters. The van der Waals surface area contributed by atoms with Gasteiger partial charge in [-0.25, -0.2) is 9.78 Å². The number of hydrogen-bond donors (Lipinski definition) is 1. The second-order valence-electron chi connectivity index (χ2n) is 5.12. The van der Waals surface area contributed by atoms with Crippen LogP contribution < -0.4 is 5.32 Å². The lowest BCUT2D eigenvalue weighted by Crippen LogP contribution is -2.52. The minimum atomic E-state index is -1.05. The van der Waals surface area contributed by atoms with Crippen molar-refractivity contribution in [2.75, 3.05) is 7.11 Å². The second kappa shape index (κ2) is 5.95. The summed E-state index contributed by atoms with van der Waals surface area (Å²) < 4.78 is 6.54. The summed E-state index contributed by atoms with van der Waals surface area (Å²) in [4.78, 5) is 28.5. The molecule has 21 heavy (non-hydrogen) atoms. The number of nitrogens with zero attached hydrogens (tertiary/aromatic N) is 2. The minimum absolute atomic E-state index is 0.271. The van der Waals surface area contributed by atoms with Crippen LogP contribution in [0.5, 0.6) is 0 Å². The molecule has 6 heteroatoms. The molecule has 2 aromatic heterocycles. The number of ether oxygens (including phenoxy) is 1. The minimum Gasteiger partial charge on any atom is -0.467 e. The van der Waals surface area contributed by atoms with E-state index in [9.17, 15) is 9.59 Å². The summed E-state index contributed by atoms with van der Waals surface area (Å²) in [6, 6.07) is 5.51. The Morgan fingerprint density at radius 3 is 2.81 bits per heavy atom. The molecule has 1 amide bonds. The molecule has 1 N–H and O–H groups in total. The van der Waals surface area contributed by atoms with Gasteiger partial charge in [0.25, 0.3) is 5.91 Å². The lowest BCUT2D eigenvalue weighted by molar-refractivity contribution is -0.147. The third-order valence-corrected chi connectivity index (χ3v) is 3.37. The van der Waals surface area contributed by atoms with Gasteiger partial charge in [0.2, 0.25) is 0 Å². The lowest BCUT2D eigenvalue weighted by atomic mass is 9.96. The van der Waals surface area contributed by atoms with Gasteiger partial charge < -0.3 is 14.5 Å². The van der Waals surface area contributed by atoms with E-state index in [-0.39, 0.29) is 11.6 Å². The maximum atomic E-state index is 12.3. The lowest BCUT2D eigenvalue weighted by Gasteiger charge is -2.27. The number of methoxy groups -OCH3 is 1. The summed E-state index contributed by atoms with van der Waals surface area (Å²) in [5.41, 5.74) is -0.0959. The van der Waals surface area contributed by atoms with Gasteiger partial charge in [0.05, 0.1) is 7.11 Å². The number of pyridine rings is 1. The van der Waals surface area contributed by atoms with Gasteiger partial charge in [0.15, 0.2) is 0 Å². The van der Waals surface area contributed by atoms with E-state index in [0.29, 0.717) is 12.1 Å². The summed E-state index contributed by atoms with van der Waals surface area (Å²) in [6.07, 6.45) is 4.69. The molecule has 2 aromatic rings. The van der Waals surface area contributed by atoms with Crippen LogP contribution >= 0.6 is 0 Å². The van der Waals surface area contributed by atoms with Crippen molar-refractivity contribution in [1.82, 2.24) is 14.7 Å². The summed E-state index contributed by atoms with van der Waals surface area (Å²) in [5, 5.41) is 2.73. The normalized spacial score (nSPS) is 13.7. The SMILES string of the molecule is CCCC(C)(NC(=O)c1cn2ccccc2n1)C(=O)OC. The second-order valence-corrected chi connectivity index (χ2v) is 5.12. The van der Waals surface area contributed by atoms with Gasteiger partial charge in [-0.2, -0.15) is 0 Å². The highest BCUT2D eigenvalue weighted by Crippen LogP contribution is 2.15. The topological polar surface area (TPSA) is 72.7 Å². The van der Waals surface area contributed by atoms with Gasteiger partial charge in [-0.3, -0.25) is 4.79 Å². The average molecular weight is 289 g/mol. The first-order valence-corrected chi connectivity index (χ1v) is 6.85. The van der Waals surface area contributed by atoms with Crippen molar-refractivity contribution in [1.29, 1.82) is 0 Å². The Balaban J connectivity index is 2.24. The number of amides is 1. The monoisotopic (exact) mass is 289 g/mol. The Bertz CT molecular complexity index is 632. The fraction of sp³-hybridized carbons (Fsp3) is 0.400. The fourth-order valence-electron chi connectivity index (χ4n) is 2.30. The molecule has 6 nitrogen and oxygen atoms in total. The maximum Gasteiger partial charge on any atom is 0.331 e. The van der Waals surface area contributed by atoms with Crippen LogP contribution in [0.15, 0.2) is 30.6 Å². The first kappa shape index (κ1) is 15.0. The van der Waals surface area contributed by atoms with E-state index in [1.807, 2.05) is 31.3 Å². The van der Waals surface area contributed by atoms with Gasteiger partial charge in [0, 0.05) is 12.4 Å². The zero-order valence-corrected chi connectivity index (χ0v) is 12.4. The summed E-state index contributed by atoms with van der Waals surface area (Å²) >= 11 is 0. The van der Waals surface area contributed by atoms with Crippen molar-refractivity contribution >= 4 is 17.5 Å². The molecule has 2 rings (SSSR count). The highest BCUT2D eigenvalue weighted by atomic mass is 16.5. The molecular weight excluding hydrogens is 270 g/mol. The van der Waals surface area contributed by atoms with Gasteiger partial charge in [-0.15, -0.1) is 0 Å². The van der Waals surface area contributed by atoms with E-state index in [0.717, 1.165) is 6.42 Å². The number of carbonyl (C=O) groups is 2. The molecule has 0 aromatic carbocycles. The van der Waals surface area contributed by atoms with Crippen molar-refractivity contribution in [3.05, 3.63) is 36.3 Å². The molecule has 0 aliphatic carbocycles. The van der Waals surface area contributed by atoms with Crippen LogP contribution in [0.2, 0.25) is 0 Å². The van der Waals surface area contributed by atoms with Crippen LogP contribution in [-0.4, -0.2) is 33.9 Å². The van der Waals surface area contributed by atoms with Crippen molar-refractivity contribution in [3.63, 3.8) is 0 Å². The molecule has 0 saturated heterocycles. The smallest absolute Gasteiger partial charge is 0.331 e. The summed E-state index contributed by atoms with van der Waals surface area (Å²) in [7, 11) is 1.31. The fourth-order valence-corrected chi connectivity index (χ4v) is 2.30. The predicted octanol–water partition coefficient (Wildman–Crippen LogP) is 1.80. The van der Waals surface area contributed by atoms with Crippen LogP contribution in [0.4, 0.5) is 0 Å². The first-order valence-electron chi connectivity index (χ1n) is 6.85. The number of nitrogens with one attached hydrogen (secondary N) is 1. The summed E-state index contributed by atoms with van der Waals surface area (Å²) in [6.45, 7) is 3.61. The largest absolute Gasteiger partial charge is 0.467 e. The number of fused-ring (bicyclic) bond motifs is 1. The molecule has 112 valence electrons. The Kier molecular flexibility index (Phi) is 4.26. The molecule has 0 aliphatic rings. The highest BCUT2D eigenvalue weighted by Gasteiger charge is 2.35. The molecule has 0 saturated carbocycles. The zero-order chi connectivity index (χ0) is 15.5. The van der Waals surface area contributed by atoms with Crippen molar-refractivity contribution in [2.24, 2.45) is 0 Å². The van der Waals surface area contributed by atoms with Crippen molar-refractivity contribution in [3.8, 4) is 0 Å². The molecule has 0 radical (unpaired) electrons. The number of esters is 1. The van der Waals surface area contributed by atoms with Gasteiger partial charge in [-0.1, -0.05) is 19.4 Å². The van der Waals surface area contributed by atoms with Crippen molar-refractivity contribution < 1.29 is 14.3 Å². The maximum absolute atomic E-state index is 12.3.